The van der Waals surface area contributed by atoms with Gasteiger partial charge in [0, 0.05) is 36.6 Å². The molecule has 0 aromatic carbocycles. The Morgan fingerprint density at radius 1 is 1.03 bits per heavy atom. The van der Waals surface area contributed by atoms with Gasteiger partial charge in [-0.25, -0.2) is 14.8 Å². The Labute approximate surface area is 226 Å². The molecule has 0 unspecified atom stereocenters. The molecule has 1 saturated carbocycles. The van der Waals surface area contributed by atoms with Gasteiger partial charge in [-0.15, -0.1) is 0 Å². The van der Waals surface area contributed by atoms with Crippen molar-refractivity contribution in [3.8, 4) is 22.8 Å². The highest BCUT2D eigenvalue weighted by Crippen LogP contribution is 2.39. The molecule has 10 heteroatoms. The molecule has 0 radical (unpaired) electrons. The number of piperidine rings is 1. The molecule has 5 heterocycles. The molecule has 0 amide bonds. The van der Waals surface area contributed by atoms with E-state index >= 15 is 0 Å². The van der Waals surface area contributed by atoms with Crippen LogP contribution in [0, 0.1) is 11.8 Å². The molecule has 1 saturated heterocycles. The summed E-state index contributed by atoms with van der Waals surface area (Å²) in [5, 5.41) is 4.43. The Morgan fingerprint density at radius 3 is 2.47 bits per heavy atom. The second kappa shape index (κ2) is 10.2. The normalized spacial score (nSPS) is 24.3. The monoisotopic (exact) mass is 535 g/mol. The van der Waals surface area contributed by atoms with Gasteiger partial charge in [0.2, 0.25) is 11.8 Å². The molecule has 6 rings (SSSR count). The van der Waals surface area contributed by atoms with Crippen LogP contribution < -0.4 is 10.7 Å². The molecule has 2 atom stereocenters. The van der Waals surface area contributed by atoms with Crippen molar-refractivity contribution in [2.75, 3.05) is 4.90 Å². The molecule has 0 spiro atoms. The predicted molar refractivity (Wildman–Crippen MR) is 148 cm³/mol. The van der Waals surface area contributed by atoms with Gasteiger partial charge >= 0.3 is 5.76 Å². The Hall–Kier alpha value is -3.20. The van der Waals surface area contributed by atoms with Gasteiger partial charge in [0.1, 0.15) is 5.69 Å². The number of nitrogens with zero attached hydrogens (tertiary/aromatic N) is 6. The van der Waals surface area contributed by atoms with Gasteiger partial charge in [0.05, 0.1) is 21.7 Å². The van der Waals surface area contributed by atoms with Gasteiger partial charge in [0.15, 0.2) is 0 Å². The lowest BCUT2D eigenvalue weighted by Crippen LogP contribution is -2.45. The summed E-state index contributed by atoms with van der Waals surface area (Å²) in [5.74, 6) is 2.00. The van der Waals surface area contributed by atoms with Gasteiger partial charge in [0.25, 0.3) is 0 Å². The number of pyridine rings is 2. The van der Waals surface area contributed by atoms with Crippen LogP contribution in [0.25, 0.3) is 33.8 Å². The number of nitrogens with one attached hydrogen (secondary N) is 1. The number of hydrogen-bond acceptors (Lipinski definition) is 7. The number of aromatic amines is 1. The number of rotatable bonds is 5. The van der Waals surface area contributed by atoms with Crippen molar-refractivity contribution in [2.45, 2.75) is 84.3 Å². The van der Waals surface area contributed by atoms with Gasteiger partial charge in [-0.05, 0) is 69.9 Å². The van der Waals surface area contributed by atoms with Crippen LogP contribution in [0.15, 0.2) is 33.8 Å². The van der Waals surface area contributed by atoms with Crippen LogP contribution in [0.1, 0.15) is 65.7 Å². The van der Waals surface area contributed by atoms with Crippen LogP contribution in [-0.2, 0) is 6.54 Å². The van der Waals surface area contributed by atoms with Gasteiger partial charge < -0.3 is 9.47 Å². The first-order chi connectivity index (χ1) is 18.4. The van der Waals surface area contributed by atoms with E-state index in [1.54, 1.807) is 12.4 Å². The lowest BCUT2D eigenvalue weighted by molar-refractivity contribution is 0.265. The fourth-order valence-electron chi connectivity index (χ4n) is 6.30. The fraction of sp³-hybridized carbons (Fsp3) is 0.536. The molecule has 9 nitrogen and oxygen atoms in total. The molecule has 4 aromatic rings. The molecule has 1 aliphatic carbocycles. The number of hydrogen-bond donors (Lipinski definition) is 1. The molecule has 0 bridgehead atoms. The third-order valence-electron chi connectivity index (χ3n) is 8.37. The highest BCUT2D eigenvalue weighted by molar-refractivity contribution is 6.30. The highest BCUT2D eigenvalue weighted by Gasteiger charge is 2.32. The van der Waals surface area contributed by atoms with Crippen LogP contribution >= 0.6 is 11.6 Å². The molecule has 1 aliphatic heterocycles. The van der Waals surface area contributed by atoms with Crippen LogP contribution in [0.3, 0.4) is 0 Å². The summed E-state index contributed by atoms with van der Waals surface area (Å²) in [6, 6.07) is 4.54. The first-order valence-electron chi connectivity index (χ1n) is 13.7. The van der Waals surface area contributed by atoms with Crippen molar-refractivity contribution in [3.63, 3.8) is 0 Å². The highest BCUT2D eigenvalue weighted by atomic mass is 35.5. The summed E-state index contributed by atoms with van der Waals surface area (Å²) < 4.78 is 7.18. The summed E-state index contributed by atoms with van der Waals surface area (Å²) in [6.07, 6.45) is 11.8. The molecule has 2 aliphatic rings. The summed E-state index contributed by atoms with van der Waals surface area (Å²) in [7, 11) is 0. The van der Waals surface area contributed by atoms with E-state index in [0.29, 0.717) is 28.7 Å². The van der Waals surface area contributed by atoms with Crippen molar-refractivity contribution in [2.24, 2.45) is 11.8 Å². The van der Waals surface area contributed by atoms with Gasteiger partial charge in [-0.2, -0.15) is 0 Å². The minimum Gasteiger partial charge on any atom is -0.337 e. The molecule has 38 heavy (non-hydrogen) atoms. The zero-order chi connectivity index (χ0) is 26.4. The Kier molecular flexibility index (Phi) is 6.72. The van der Waals surface area contributed by atoms with Crippen molar-refractivity contribution < 1.29 is 4.52 Å². The van der Waals surface area contributed by atoms with E-state index < -0.39 is 5.76 Å². The summed E-state index contributed by atoms with van der Waals surface area (Å²) in [5.41, 5.74) is 3.76. The van der Waals surface area contributed by atoms with E-state index in [1.165, 1.54) is 32.1 Å². The second-order valence-electron chi connectivity index (χ2n) is 11.2. The Morgan fingerprint density at radius 2 is 1.79 bits per heavy atom. The number of H-pyrrole nitrogens is 1. The van der Waals surface area contributed by atoms with E-state index in [9.17, 15) is 4.79 Å². The number of fused-ring (bicyclic) bond motifs is 1. The van der Waals surface area contributed by atoms with E-state index in [2.05, 4.69) is 45.4 Å². The predicted octanol–water partition coefficient (Wildman–Crippen LogP) is 6.08. The number of halogens is 1. The summed E-state index contributed by atoms with van der Waals surface area (Å²) in [4.78, 5) is 31.5. The smallest absolute Gasteiger partial charge is 0.337 e. The van der Waals surface area contributed by atoms with E-state index in [4.69, 9.17) is 26.1 Å². The van der Waals surface area contributed by atoms with E-state index in [0.717, 1.165) is 53.5 Å². The Balaban J connectivity index is 1.59. The lowest BCUT2D eigenvalue weighted by Gasteiger charge is -2.40. The number of imidazole rings is 1. The van der Waals surface area contributed by atoms with E-state index in [-0.39, 0.29) is 5.82 Å². The molecule has 2 fully saturated rings. The van der Waals surface area contributed by atoms with Crippen LogP contribution in [0.2, 0.25) is 5.02 Å². The first kappa shape index (κ1) is 25.1. The second-order valence-corrected chi connectivity index (χ2v) is 11.7. The summed E-state index contributed by atoms with van der Waals surface area (Å²) >= 11 is 6.38. The molecule has 200 valence electrons. The minimum atomic E-state index is -0.624. The number of anilines is 1. The quantitative estimate of drug-likeness (QED) is 0.330. The first-order valence-corrected chi connectivity index (χ1v) is 14.1. The molecule has 1 N–H and O–H groups in total. The van der Waals surface area contributed by atoms with Crippen molar-refractivity contribution in [1.29, 1.82) is 0 Å². The van der Waals surface area contributed by atoms with Gasteiger partial charge in [-0.3, -0.25) is 14.5 Å². The minimum absolute atomic E-state index is 0.269. The van der Waals surface area contributed by atoms with Crippen LogP contribution in [0.5, 0.6) is 0 Å². The molecule has 4 aromatic heterocycles. The summed E-state index contributed by atoms with van der Waals surface area (Å²) in [6.45, 7) is 7.84. The maximum absolute atomic E-state index is 11.7. The van der Waals surface area contributed by atoms with Crippen molar-refractivity contribution in [3.05, 3.63) is 40.1 Å². The zero-order valence-electron chi connectivity index (χ0n) is 22.2. The largest absolute Gasteiger partial charge is 0.439 e. The van der Waals surface area contributed by atoms with Crippen molar-refractivity contribution >= 4 is 28.6 Å². The maximum Gasteiger partial charge on any atom is 0.439 e. The van der Waals surface area contributed by atoms with E-state index in [1.807, 2.05) is 12.1 Å². The topological polar surface area (TPSA) is 106 Å². The third-order valence-corrected chi connectivity index (χ3v) is 8.57. The van der Waals surface area contributed by atoms with Crippen molar-refractivity contribution in [1.82, 2.24) is 29.7 Å². The van der Waals surface area contributed by atoms with Gasteiger partial charge in [-0.1, -0.05) is 36.5 Å². The standard InChI is InChI=1S/C28H34ClN7O2/c1-16-7-9-19(10-8-16)15-35-25-22(32-27(35)36-17(2)5-4-6-18(36)3)12-23(26-33-28(37)38-34-26)31-24(25)20-11-21(29)14-30-13-20/h11-14,16-19H,4-10,15H2,1-3H3,(H,33,34,37)/t16?,17-,18-,19?/m0/s1. The average Bonchev–Trinajstić information content (AvgIpc) is 3.48. The van der Waals surface area contributed by atoms with Crippen LogP contribution in [0.4, 0.5) is 5.95 Å². The lowest BCUT2D eigenvalue weighted by atomic mass is 9.83. The SMILES string of the molecule is CC1CCC(Cn2c(N3[C@@H](C)CCC[C@@H]3C)nc3cc(-c4noc(=O)[nH]4)nc(-c4cncc(Cl)c4)c32)CC1. The fourth-order valence-corrected chi connectivity index (χ4v) is 6.48. The zero-order valence-corrected chi connectivity index (χ0v) is 22.9. The maximum atomic E-state index is 11.7. The average molecular weight is 536 g/mol. The number of aromatic nitrogens is 6. The third kappa shape index (κ3) is 4.72. The molecular formula is C28H34ClN7O2. The Bertz CT molecular complexity index is 1490. The molecular weight excluding hydrogens is 502 g/mol. The van der Waals surface area contributed by atoms with Crippen LogP contribution in [-0.4, -0.2) is 41.7 Å².